The first-order chi connectivity index (χ1) is 14.5. The van der Waals surface area contributed by atoms with Crippen LogP contribution >= 0.6 is 11.3 Å². The van der Waals surface area contributed by atoms with Crippen LogP contribution < -0.4 is 10.4 Å². The van der Waals surface area contributed by atoms with Crippen molar-refractivity contribution in [3.63, 3.8) is 0 Å². The molecule has 0 bridgehead atoms. The van der Waals surface area contributed by atoms with Crippen molar-refractivity contribution in [2.24, 2.45) is 17.3 Å². The first-order valence-electron chi connectivity index (χ1n) is 9.64. The minimum absolute atomic E-state index is 0.101. The average molecular weight is 418 g/mol. The predicted octanol–water partition coefficient (Wildman–Crippen LogP) is 4.30. The van der Waals surface area contributed by atoms with Gasteiger partial charge in [-0.3, -0.25) is 14.0 Å². The Morgan fingerprint density at radius 2 is 1.60 bits per heavy atom. The van der Waals surface area contributed by atoms with E-state index in [4.69, 9.17) is 0 Å². The van der Waals surface area contributed by atoms with Crippen molar-refractivity contribution in [1.29, 1.82) is 0 Å². The molecule has 0 aliphatic heterocycles. The van der Waals surface area contributed by atoms with Crippen molar-refractivity contribution in [3.8, 4) is 22.6 Å². The fraction of sp³-hybridized carbons (Fsp3) is 0.174. The Balaban J connectivity index is 2.06. The fourth-order valence-corrected chi connectivity index (χ4v) is 4.20. The van der Waals surface area contributed by atoms with Crippen molar-refractivity contribution in [2.45, 2.75) is 20.8 Å². The molecule has 4 rings (SSSR count). The number of rotatable bonds is 4. The van der Waals surface area contributed by atoms with E-state index in [2.05, 4.69) is 10.2 Å². The van der Waals surface area contributed by atoms with Crippen molar-refractivity contribution < 1.29 is 0 Å². The molecule has 2 aromatic carbocycles. The summed E-state index contributed by atoms with van der Waals surface area (Å²) in [5.74, 6) is 0. The van der Waals surface area contributed by atoms with Crippen LogP contribution in [-0.2, 0) is 7.05 Å². The maximum Gasteiger partial charge on any atom is 0.296 e. The smallest absolute Gasteiger partial charge is 0.283 e. The van der Waals surface area contributed by atoms with Gasteiger partial charge in [0, 0.05) is 18.1 Å². The van der Waals surface area contributed by atoms with Gasteiger partial charge in [0.2, 0.25) is 4.80 Å². The average Bonchev–Trinajstić information content (AvgIpc) is 3.26. The van der Waals surface area contributed by atoms with Gasteiger partial charge in [0.25, 0.3) is 5.56 Å². The summed E-state index contributed by atoms with van der Waals surface area (Å²) in [6.07, 6.45) is 0. The monoisotopic (exact) mass is 417 g/mol. The van der Waals surface area contributed by atoms with Crippen LogP contribution in [0.1, 0.15) is 19.5 Å². The molecule has 0 unspecified atom stereocenters. The van der Waals surface area contributed by atoms with E-state index in [0.717, 1.165) is 28.4 Å². The Morgan fingerprint density at radius 1 is 0.967 bits per heavy atom. The molecule has 2 heterocycles. The van der Waals surface area contributed by atoms with Crippen LogP contribution in [0.15, 0.2) is 81.0 Å². The molecule has 4 aromatic rings. The van der Waals surface area contributed by atoms with Gasteiger partial charge in [0.15, 0.2) is 0 Å². The lowest BCUT2D eigenvalue weighted by atomic mass is 10.1. The van der Waals surface area contributed by atoms with Crippen molar-refractivity contribution in [2.75, 3.05) is 0 Å². The highest BCUT2D eigenvalue weighted by Crippen LogP contribution is 2.24. The predicted molar refractivity (Wildman–Crippen MR) is 123 cm³/mol. The Bertz CT molecular complexity index is 1330. The number of aromatic nitrogens is 3. The summed E-state index contributed by atoms with van der Waals surface area (Å²) >= 11 is 1.47. The molecule has 152 valence electrons. The first kappa shape index (κ1) is 19.8. The van der Waals surface area contributed by atoms with Gasteiger partial charge >= 0.3 is 0 Å². The number of benzene rings is 2. The molecule has 0 amide bonds. The normalized spacial score (nSPS) is 11.7. The molecule has 0 aliphatic rings. The van der Waals surface area contributed by atoms with Crippen LogP contribution in [0.25, 0.3) is 22.6 Å². The number of hydrogen-bond acceptors (Lipinski definition) is 4. The van der Waals surface area contributed by atoms with E-state index < -0.39 is 0 Å². The number of nitrogens with zero attached hydrogens (tertiary/aromatic N) is 5. The second-order valence-electron chi connectivity index (χ2n) is 7.16. The largest absolute Gasteiger partial charge is 0.296 e. The van der Waals surface area contributed by atoms with E-state index in [1.165, 1.54) is 11.3 Å². The number of hydrogen-bond donors (Lipinski definition) is 0. The van der Waals surface area contributed by atoms with E-state index in [1.807, 2.05) is 103 Å². The molecular weight excluding hydrogens is 394 g/mol. The van der Waals surface area contributed by atoms with Gasteiger partial charge in [0.1, 0.15) is 5.69 Å². The highest BCUT2D eigenvalue weighted by molar-refractivity contribution is 7.07. The zero-order valence-corrected chi connectivity index (χ0v) is 18.2. The van der Waals surface area contributed by atoms with Crippen LogP contribution in [0.2, 0.25) is 0 Å². The maximum atomic E-state index is 13.6. The fourth-order valence-electron chi connectivity index (χ4n) is 3.36. The van der Waals surface area contributed by atoms with Gasteiger partial charge in [-0.15, -0.1) is 16.4 Å². The third kappa shape index (κ3) is 3.48. The summed E-state index contributed by atoms with van der Waals surface area (Å²) in [5.41, 5.74) is 4.91. The van der Waals surface area contributed by atoms with Gasteiger partial charge < -0.3 is 0 Å². The minimum atomic E-state index is -0.101. The Hall–Kier alpha value is -3.45. The molecule has 0 aliphatic carbocycles. The topological polar surface area (TPSA) is 56.6 Å². The Kier molecular flexibility index (Phi) is 5.37. The zero-order valence-electron chi connectivity index (χ0n) is 17.4. The van der Waals surface area contributed by atoms with E-state index in [9.17, 15) is 4.79 Å². The first-order valence-corrected chi connectivity index (χ1v) is 10.5. The molecule has 0 fully saturated rings. The van der Waals surface area contributed by atoms with E-state index >= 15 is 0 Å². The van der Waals surface area contributed by atoms with Crippen molar-refractivity contribution >= 4 is 17.0 Å². The minimum Gasteiger partial charge on any atom is -0.283 e. The summed E-state index contributed by atoms with van der Waals surface area (Å²) < 4.78 is 5.48. The third-order valence-electron chi connectivity index (χ3n) is 4.86. The van der Waals surface area contributed by atoms with Crippen molar-refractivity contribution in [3.05, 3.63) is 86.9 Å². The molecule has 0 N–H and O–H groups in total. The van der Waals surface area contributed by atoms with Crippen LogP contribution in [0, 0.1) is 6.92 Å². The lowest BCUT2D eigenvalue weighted by Gasteiger charge is -2.08. The van der Waals surface area contributed by atoms with Gasteiger partial charge in [-0.05, 0) is 38.5 Å². The number of para-hydroxylation sites is 1. The molecule has 0 saturated carbocycles. The molecule has 0 atom stereocenters. The molecule has 2 aromatic heterocycles. The highest BCUT2D eigenvalue weighted by atomic mass is 32.1. The SMILES string of the molecule is CC(C)=NN=c1scc(-c2ccccc2)n1-c1c(C)n(C)n(-c2ccccc2)c1=O. The van der Waals surface area contributed by atoms with Crippen LogP contribution in [0.3, 0.4) is 0 Å². The lowest BCUT2D eigenvalue weighted by molar-refractivity contribution is 0.630. The Morgan fingerprint density at radius 3 is 2.23 bits per heavy atom. The molecular formula is C23H23N5OS. The Labute approximate surface area is 178 Å². The van der Waals surface area contributed by atoms with Crippen LogP contribution in [0.4, 0.5) is 0 Å². The summed E-state index contributed by atoms with van der Waals surface area (Å²) in [4.78, 5) is 14.3. The summed E-state index contributed by atoms with van der Waals surface area (Å²) in [5, 5.41) is 10.7. The quantitative estimate of drug-likeness (QED) is 0.361. The zero-order chi connectivity index (χ0) is 21.3. The summed E-state index contributed by atoms with van der Waals surface area (Å²) in [7, 11) is 1.90. The lowest BCUT2D eigenvalue weighted by Crippen LogP contribution is -2.24. The van der Waals surface area contributed by atoms with Gasteiger partial charge in [-0.25, -0.2) is 4.68 Å². The second-order valence-corrected chi connectivity index (χ2v) is 8.00. The van der Waals surface area contributed by atoms with Gasteiger partial charge in [-0.2, -0.15) is 5.10 Å². The van der Waals surface area contributed by atoms with E-state index in [1.54, 1.807) is 4.68 Å². The maximum absolute atomic E-state index is 13.6. The summed E-state index contributed by atoms with van der Waals surface area (Å²) in [6.45, 7) is 5.75. The third-order valence-corrected chi connectivity index (χ3v) is 5.68. The standard InChI is InChI=1S/C23H23N5OS/c1-16(2)24-25-23-27(20(15-30-23)18-11-7-5-8-12-18)21-17(3)26(4)28(22(21)29)19-13-9-6-10-14-19/h5-15H,1-4H3. The van der Waals surface area contributed by atoms with E-state index in [-0.39, 0.29) is 5.56 Å². The molecule has 6 nitrogen and oxygen atoms in total. The molecule has 30 heavy (non-hydrogen) atoms. The molecule has 0 saturated heterocycles. The van der Waals surface area contributed by atoms with Gasteiger partial charge in [-0.1, -0.05) is 48.5 Å². The molecule has 7 heteroatoms. The van der Waals surface area contributed by atoms with E-state index in [0.29, 0.717) is 10.5 Å². The molecule has 0 radical (unpaired) electrons. The highest BCUT2D eigenvalue weighted by Gasteiger charge is 2.21. The van der Waals surface area contributed by atoms with Crippen LogP contribution in [-0.4, -0.2) is 19.6 Å². The number of thiazole rings is 1. The van der Waals surface area contributed by atoms with Crippen LogP contribution in [0.5, 0.6) is 0 Å². The van der Waals surface area contributed by atoms with Crippen molar-refractivity contribution in [1.82, 2.24) is 13.9 Å². The summed E-state index contributed by atoms with van der Waals surface area (Å²) in [6, 6.07) is 19.7. The second kappa shape index (κ2) is 8.12. The van der Waals surface area contributed by atoms with Gasteiger partial charge in [0.05, 0.1) is 17.1 Å². The molecule has 0 spiro atoms.